The summed E-state index contributed by atoms with van der Waals surface area (Å²) in [6.07, 6.45) is 6.48. The van der Waals surface area contributed by atoms with Gasteiger partial charge in [0.05, 0.1) is 31.0 Å². The van der Waals surface area contributed by atoms with Crippen molar-refractivity contribution in [3.05, 3.63) is 84.2 Å². The topological polar surface area (TPSA) is 195 Å². The van der Waals surface area contributed by atoms with Crippen LogP contribution in [0.5, 0.6) is 0 Å². The van der Waals surface area contributed by atoms with Crippen LogP contribution in [0.4, 0.5) is 0 Å². The third-order valence-electron chi connectivity index (χ3n) is 10.3. The van der Waals surface area contributed by atoms with Gasteiger partial charge >= 0.3 is 0 Å². The maximum absolute atomic E-state index is 14.0. The molecule has 5 amide bonds. The number of thioether (sulfide) groups is 1. The molecular formula is C42H63N9O5S. The van der Waals surface area contributed by atoms with Crippen molar-refractivity contribution in [2.24, 2.45) is 11.5 Å². The monoisotopic (exact) mass is 805 g/mol. The highest BCUT2D eigenvalue weighted by Gasteiger charge is 2.40. The fourth-order valence-electron chi connectivity index (χ4n) is 7.14. The molecule has 2 fully saturated rings. The van der Waals surface area contributed by atoms with E-state index in [0.717, 1.165) is 54.8 Å². The number of hydrogen-bond donors (Lipinski definition) is 6. The molecule has 2 aliphatic rings. The number of nitrogens with zero attached hydrogens (tertiary/aromatic N) is 3. The summed E-state index contributed by atoms with van der Waals surface area (Å²) in [5.41, 5.74) is 13.0. The number of rotatable bonds is 26. The summed E-state index contributed by atoms with van der Waals surface area (Å²) in [7, 11) is 1.87. The van der Waals surface area contributed by atoms with Gasteiger partial charge in [-0.25, -0.2) is 0 Å². The minimum atomic E-state index is -0.942. The van der Waals surface area contributed by atoms with E-state index in [-0.39, 0.29) is 51.0 Å². The zero-order chi connectivity index (χ0) is 41.0. The third-order valence-corrected chi connectivity index (χ3v) is 11.8. The summed E-state index contributed by atoms with van der Waals surface area (Å²) in [6, 6.07) is 18.7. The maximum Gasteiger partial charge on any atom is 0.242 e. The zero-order valence-electron chi connectivity index (χ0n) is 33.5. The van der Waals surface area contributed by atoms with Gasteiger partial charge in [0.25, 0.3) is 0 Å². The SMILES string of the molecule is C=C1N[C@H]2CSC(CCCCC(=O)NCCCC[C@H](NC(=O)CN(Cc3ccccc3)C(=O)CN(Cc3ccccc3)C(=O)CN(C)CCCCN)C(N)=O)[C@H]2N1. The first-order valence-electron chi connectivity index (χ1n) is 20.2. The first-order valence-corrected chi connectivity index (χ1v) is 21.3. The Balaban J connectivity index is 1.25. The molecule has 0 aromatic heterocycles. The lowest BCUT2D eigenvalue weighted by Gasteiger charge is -2.29. The van der Waals surface area contributed by atoms with Gasteiger partial charge in [-0.15, -0.1) is 0 Å². The second-order valence-electron chi connectivity index (χ2n) is 15.1. The molecule has 0 radical (unpaired) electrons. The number of benzene rings is 2. The van der Waals surface area contributed by atoms with Gasteiger partial charge in [-0.05, 0) is 76.2 Å². The molecule has 2 aromatic rings. The molecule has 2 saturated heterocycles. The Bertz CT molecular complexity index is 1600. The lowest BCUT2D eigenvalue weighted by atomic mass is 10.0. The number of nitrogens with one attached hydrogen (secondary N) is 4. The van der Waals surface area contributed by atoms with Crippen molar-refractivity contribution in [1.29, 1.82) is 0 Å². The lowest BCUT2D eigenvalue weighted by molar-refractivity contribution is -0.143. The Morgan fingerprint density at radius 2 is 1.47 bits per heavy atom. The molecule has 0 saturated carbocycles. The normalized spacial score (nSPS) is 17.6. The number of carbonyl (C=O) groups is 5. The molecule has 1 unspecified atom stereocenters. The first kappa shape index (κ1) is 45.1. The average molecular weight is 806 g/mol. The standard InChI is InChI=1S/C42H63N9O5S/c1-31-46-35-30-57-36(41(35)47-31)20-9-10-21-37(52)45-23-13-11-19-34(42(44)56)48-38(53)27-50(25-32-15-5-3-6-16-32)40(55)29-51(26-33-17-7-4-8-18-33)39(54)28-49(2)24-14-12-22-43/h3-8,15-18,34-36,41,46-47H,1,9-14,19-30,43H2,2H3,(H2,44,56)(H,45,52)(H,48,53)/t34-,35-,36?,41-/m0/s1. The van der Waals surface area contributed by atoms with E-state index in [1.807, 2.05) is 84.4 Å². The Hall–Kier alpha value is -4.60. The number of hydrogen-bond acceptors (Lipinski definition) is 10. The molecule has 8 N–H and O–H groups in total. The van der Waals surface area contributed by atoms with Crippen LogP contribution in [0.3, 0.4) is 0 Å². The molecule has 4 rings (SSSR count). The second kappa shape index (κ2) is 24.2. The highest BCUT2D eigenvalue weighted by molar-refractivity contribution is 8.00. The van der Waals surface area contributed by atoms with Crippen molar-refractivity contribution < 1.29 is 24.0 Å². The van der Waals surface area contributed by atoms with Crippen LogP contribution in [0.15, 0.2) is 73.1 Å². The van der Waals surface area contributed by atoms with Crippen LogP contribution in [-0.2, 0) is 37.1 Å². The van der Waals surface area contributed by atoms with Crippen molar-refractivity contribution in [2.45, 2.75) is 94.3 Å². The van der Waals surface area contributed by atoms with Crippen molar-refractivity contribution in [3.8, 4) is 0 Å². The van der Waals surface area contributed by atoms with E-state index < -0.39 is 23.8 Å². The number of fused-ring (bicyclic) bond motifs is 1. The molecule has 312 valence electrons. The molecule has 0 bridgehead atoms. The van der Waals surface area contributed by atoms with Crippen LogP contribution in [0.1, 0.15) is 68.9 Å². The van der Waals surface area contributed by atoms with Crippen molar-refractivity contribution in [1.82, 2.24) is 36.0 Å². The van der Waals surface area contributed by atoms with E-state index in [1.54, 1.807) is 0 Å². The highest BCUT2D eigenvalue weighted by atomic mass is 32.2. The predicted octanol–water partition coefficient (Wildman–Crippen LogP) is 2.05. The van der Waals surface area contributed by atoms with Crippen LogP contribution in [-0.4, -0.2) is 120 Å². The van der Waals surface area contributed by atoms with Gasteiger partial charge in [0.1, 0.15) is 12.6 Å². The number of unbranched alkanes of at least 4 members (excludes halogenated alkanes) is 3. The summed E-state index contributed by atoms with van der Waals surface area (Å²) in [4.78, 5) is 70.7. The van der Waals surface area contributed by atoms with E-state index >= 15 is 0 Å². The van der Waals surface area contributed by atoms with Crippen LogP contribution >= 0.6 is 11.8 Å². The fraction of sp³-hybridized carbons (Fsp3) is 0.548. The van der Waals surface area contributed by atoms with Crippen molar-refractivity contribution in [3.63, 3.8) is 0 Å². The van der Waals surface area contributed by atoms with Gasteiger partial charge in [-0.2, -0.15) is 11.8 Å². The molecule has 0 spiro atoms. The number of carbonyl (C=O) groups excluding carboxylic acids is 5. The van der Waals surface area contributed by atoms with E-state index in [4.69, 9.17) is 11.5 Å². The van der Waals surface area contributed by atoms with Crippen LogP contribution in [0.25, 0.3) is 0 Å². The Morgan fingerprint density at radius 3 is 2.12 bits per heavy atom. The van der Waals surface area contributed by atoms with Crippen molar-refractivity contribution >= 4 is 41.3 Å². The zero-order valence-corrected chi connectivity index (χ0v) is 34.3. The summed E-state index contributed by atoms with van der Waals surface area (Å²) in [6.45, 7) is 5.63. The van der Waals surface area contributed by atoms with Gasteiger partial charge in [0, 0.05) is 37.1 Å². The van der Waals surface area contributed by atoms with Gasteiger partial charge in [-0.3, -0.25) is 28.9 Å². The summed E-state index contributed by atoms with van der Waals surface area (Å²) in [5.74, 6) is 0.148. The van der Waals surface area contributed by atoms with E-state index in [2.05, 4.69) is 27.8 Å². The molecular weight excluding hydrogens is 743 g/mol. The quantitative estimate of drug-likeness (QED) is 0.0767. The van der Waals surface area contributed by atoms with E-state index in [1.165, 1.54) is 9.80 Å². The Morgan fingerprint density at radius 1 is 0.825 bits per heavy atom. The summed E-state index contributed by atoms with van der Waals surface area (Å²) >= 11 is 1.97. The third kappa shape index (κ3) is 16.1. The smallest absolute Gasteiger partial charge is 0.242 e. The molecule has 15 heteroatoms. The molecule has 57 heavy (non-hydrogen) atoms. The predicted molar refractivity (Wildman–Crippen MR) is 225 cm³/mol. The maximum atomic E-state index is 14.0. The van der Waals surface area contributed by atoms with Crippen LogP contribution in [0, 0.1) is 0 Å². The second-order valence-corrected chi connectivity index (χ2v) is 16.4. The van der Waals surface area contributed by atoms with E-state index in [9.17, 15) is 24.0 Å². The Labute approximate surface area is 342 Å². The first-order chi connectivity index (χ1) is 27.5. The van der Waals surface area contributed by atoms with Gasteiger partial charge in [0.2, 0.25) is 29.5 Å². The minimum Gasteiger partial charge on any atom is -0.368 e. The number of nitrogens with two attached hydrogens (primary N) is 2. The lowest BCUT2D eigenvalue weighted by Crippen LogP contribution is -2.51. The van der Waals surface area contributed by atoms with Crippen molar-refractivity contribution in [2.75, 3.05) is 52.1 Å². The highest BCUT2D eigenvalue weighted by Crippen LogP contribution is 2.34. The number of amides is 5. The van der Waals surface area contributed by atoms with E-state index in [0.29, 0.717) is 56.2 Å². The molecule has 4 atom stereocenters. The largest absolute Gasteiger partial charge is 0.368 e. The summed E-state index contributed by atoms with van der Waals surface area (Å²) in [5, 5.41) is 13.0. The molecule has 2 aliphatic heterocycles. The fourth-order valence-corrected chi connectivity index (χ4v) is 8.68. The van der Waals surface area contributed by atoms with Crippen LogP contribution < -0.4 is 32.7 Å². The van der Waals surface area contributed by atoms with Gasteiger partial charge < -0.3 is 42.5 Å². The average Bonchev–Trinajstić information content (AvgIpc) is 3.75. The van der Waals surface area contributed by atoms with Gasteiger partial charge in [0.15, 0.2) is 0 Å². The number of likely N-dealkylation sites (N-methyl/N-ethyl adjacent to an activating group) is 1. The number of primary amides is 1. The van der Waals surface area contributed by atoms with Gasteiger partial charge in [-0.1, -0.05) is 73.7 Å². The molecule has 2 heterocycles. The molecule has 0 aliphatic carbocycles. The Kier molecular flexibility index (Phi) is 19.2. The van der Waals surface area contributed by atoms with Crippen LogP contribution in [0.2, 0.25) is 0 Å². The minimum absolute atomic E-state index is 0.00230. The molecule has 14 nitrogen and oxygen atoms in total. The molecule has 2 aromatic carbocycles. The summed E-state index contributed by atoms with van der Waals surface area (Å²) < 4.78 is 0.